The topological polar surface area (TPSA) is 78.9 Å². The Hall–Kier alpha value is -2.47. The van der Waals surface area contributed by atoms with Gasteiger partial charge in [-0.25, -0.2) is 9.97 Å². The number of hydrogen-bond acceptors (Lipinski definition) is 5. The molecule has 136 valence electrons. The van der Waals surface area contributed by atoms with E-state index in [1.54, 1.807) is 6.20 Å². The van der Waals surface area contributed by atoms with Crippen LogP contribution in [0.3, 0.4) is 0 Å². The maximum Gasteiger partial charge on any atom is 0.251 e. The summed E-state index contributed by atoms with van der Waals surface area (Å²) >= 11 is 0. The molecule has 1 aromatic carbocycles. The number of amides is 1. The smallest absolute Gasteiger partial charge is 0.251 e. The van der Waals surface area contributed by atoms with Gasteiger partial charge in [0.25, 0.3) is 5.91 Å². The number of aromatic nitrogens is 2. The molecule has 3 N–H and O–H groups in total. The zero-order valence-corrected chi connectivity index (χ0v) is 15.3. The van der Waals surface area contributed by atoms with Crippen molar-refractivity contribution in [2.75, 3.05) is 25.0 Å². The number of carbonyl (C=O) groups is 1. The second-order valence-corrected chi connectivity index (χ2v) is 7.78. The molecule has 6 heteroatoms. The van der Waals surface area contributed by atoms with Crippen molar-refractivity contribution in [3.8, 4) is 11.3 Å². The first-order valence-corrected chi connectivity index (χ1v) is 9.26. The minimum atomic E-state index is -0.0961. The van der Waals surface area contributed by atoms with Gasteiger partial charge in [-0.1, -0.05) is 19.9 Å². The summed E-state index contributed by atoms with van der Waals surface area (Å²) in [5, 5.41) is 9.78. The summed E-state index contributed by atoms with van der Waals surface area (Å²) in [5.41, 5.74) is 3.62. The van der Waals surface area contributed by atoms with Crippen LogP contribution in [-0.2, 0) is 5.41 Å². The van der Waals surface area contributed by atoms with Crippen LogP contribution >= 0.6 is 0 Å². The van der Waals surface area contributed by atoms with Crippen molar-refractivity contribution < 1.29 is 4.79 Å². The lowest BCUT2D eigenvalue weighted by Gasteiger charge is -2.32. The molecule has 1 atom stereocenters. The molecule has 1 saturated heterocycles. The zero-order valence-electron chi connectivity index (χ0n) is 15.3. The van der Waals surface area contributed by atoms with E-state index in [-0.39, 0.29) is 11.3 Å². The minimum Gasteiger partial charge on any atom is -0.351 e. The largest absolute Gasteiger partial charge is 0.351 e. The van der Waals surface area contributed by atoms with Crippen molar-refractivity contribution in [3.63, 3.8) is 0 Å². The highest BCUT2D eigenvalue weighted by atomic mass is 16.1. The van der Waals surface area contributed by atoms with Crippen LogP contribution in [0.4, 0.5) is 5.95 Å². The number of fused-ring (bicyclic) bond motifs is 1. The van der Waals surface area contributed by atoms with E-state index in [2.05, 4.69) is 40.8 Å². The van der Waals surface area contributed by atoms with Crippen molar-refractivity contribution >= 4 is 11.9 Å². The number of piperidine rings is 1. The van der Waals surface area contributed by atoms with E-state index >= 15 is 0 Å². The molecule has 4 rings (SSSR count). The summed E-state index contributed by atoms with van der Waals surface area (Å²) in [7, 11) is 0. The van der Waals surface area contributed by atoms with E-state index < -0.39 is 0 Å². The Labute approximate surface area is 153 Å². The van der Waals surface area contributed by atoms with Gasteiger partial charge in [-0.15, -0.1) is 0 Å². The van der Waals surface area contributed by atoms with Crippen LogP contribution in [0.5, 0.6) is 0 Å². The van der Waals surface area contributed by atoms with E-state index in [0.717, 1.165) is 41.9 Å². The third kappa shape index (κ3) is 3.29. The van der Waals surface area contributed by atoms with Crippen LogP contribution in [0.1, 0.15) is 42.6 Å². The zero-order chi connectivity index (χ0) is 18.1. The predicted octanol–water partition coefficient (Wildman–Crippen LogP) is 2.33. The second kappa shape index (κ2) is 6.68. The molecule has 2 aliphatic rings. The summed E-state index contributed by atoms with van der Waals surface area (Å²) in [4.78, 5) is 21.2. The molecule has 1 fully saturated rings. The van der Waals surface area contributed by atoms with Crippen molar-refractivity contribution in [2.24, 2.45) is 0 Å². The third-order valence-electron chi connectivity index (χ3n) is 5.27. The Kier molecular flexibility index (Phi) is 4.36. The summed E-state index contributed by atoms with van der Waals surface area (Å²) in [6.45, 7) is 6.97. The summed E-state index contributed by atoms with van der Waals surface area (Å²) in [6.07, 6.45) is 4.08. The average Bonchev–Trinajstić information content (AvgIpc) is 2.66. The van der Waals surface area contributed by atoms with Crippen LogP contribution < -0.4 is 16.0 Å². The molecule has 0 aliphatic carbocycles. The lowest BCUT2D eigenvalue weighted by molar-refractivity contribution is 0.0930. The van der Waals surface area contributed by atoms with Crippen LogP contribution in [0, 0.1) is 0 Å². The van der Waals surface area contributed by atoms with Gasteiger partial charge in [0, 0.05) is 41.9 Å². The number of rotatable bonds is 3. The molecule has 3 heterocycles. The fourth-order valence-electron chi connectivity index (χ4n) is 3.70. The van der Waals surface area contributed by atoms with Gasteiger partial charge in [-0.3, -0.25) is 4.79 Å². The number of nitrogens with one attached hydrogen (secondary N) is 3. The lowest BCUT2D eigenvalue weighted by Crippen LogP contribution is -2.43. The highest BCUT2D eigenvalue weighted by Crippen LogP contribution is 2.32. The minimum absolute atomic E-state index is 0.000664. The third-order valence-corrected chi connectivity index (χ3v) is 5.27. The normalized spacial score (nSPS) is 21.6. The van der Waals surface area contributed by atoms with Crippen LogP contribution in [0.2, 0.25) is 0 Å². The first-order chi connectivity index (χ1) is 12.5. The van der Waals surface area contributed by atoms with Crippen molar-refractivity contribution in [1.29, 1.82) is 0 Å². The first kappa shape index (κ1) is 17.0. The van der Waals surface area contributed by atoms with Gasteiger partial charge in [0.05, 0.1) is 5.69 Å². The molecule has 0 bridgehead atoms. The lowest BCUT2D eigenvalue weighted by atomic mass is 9.78. The van der Waals surface area contributed by atoms with Crippen molar-refractivity contribution in [1.82, 2.24) is 20.6 Å². The fourth-order valence-corrected chi connectivity index (χ4v) is 3.70. The quantitative estimate of drug-likeness (QED) is 0.791. The number of anilines is 1. The van der Waals surface area contributed by atoms with Crippen LogP contribution in [0.15, 0.2) is 30.5 Å². The van der Waals surface area contributed by atoms with Gasteiger partial charge in [0.1, 0.15) is 0 Å². The van der Waals surface area contributed by atoms with E-state index in [1.165, 1.54) is 6.42 Å². The average molecular weight is 351 g/mol. The molecule has 2 aromatic rings. The van der Waals surface area contributed by atoms with Crippen molar-refractivity contribution in [2.45, 2.75) is 38.1 Å². The fraction of sp³-hybridized carbons (Fsp3) is 0.450. The van der Waals surface area contributed by atoms with Gasteiger partial charge in [0.2, 0.25) is 5.95 Å². The standard InChI is InChI=1S/C20H25N5O/c1-20(2)12-23-18(26)15-6-5-13(10-16(15)20)17-7-9-22-19(25-17)24-14-4-3-8-21-11-14/h5-7,9-10,14,21H,3-4,8,11-12H2,1-2H3,(H,23,26)(H,22,24,25)/t14-/m0/s1. The van der Waals surface area contributed by atoms with E-state index in [1.807, 2.05) is 18.2 Å². The Morgan fingerprint density at radius 1 is 1.27 bits per heavy atom. The van der Waals surface area contributed by atoms with Crippen LogP contribution in [-0.4, -0.2) is 41.6 Å². The van der Waals surface area contributed by atoms with Gasteiger partial charge in [-0.2, -0.15) is 0 Å². The maximum atomic E-state index is 12.1. The molecule has 1 aromatic heterocycles. The monoisotopic (exact) mass is 351 g/mol. The van der Waals surface area contributed by atoms with E-state index in [9.17, 15) is 4.79 Å². The summed E-state index contributed by atoms with van der Waals surface area (Å²) in [6, 6.07) is 8.25. The molecular weight excluding hydrogens is 326 g/mol. The van der Waals surface area contributed by atoms with Crippen molar-refractivity contribution in [3.05, 3.63) is 41.6 Å². The van der Waals surface area contributed by atoms with Gasteiger partial charge >= 0.3 is 0 Å². The maximum absolute atomic E-state index is 12.1. The SMILES string of the molecule is CC1(C)CNC(=O)c2ccc(-c3ccnc(N[C@H]4CCCNC4)n3)cc21. The summed E-state index contributed by atoms with van der Waals surface area (Å²) < 4.78 is 0. The molecule has 6 nitrogen and oxygen atoms in total. The van der Waals surface area contributed by atoms with Crippen LogP contribution in [0.25, 0.3) is 11.3 Å². The number of hydrogen-bond donors (Lipinski definition) is 3. The molecule has 26 heavy (non-hydrogen) atoms. The Balaban J connectivity index is 1.63. The van der Waals surface area contributed by atoms with E-state index in [4.69, 9.17) is 4.98 Å². The molecule has 0 unspecified atom stereocenters. The first-order valence-electron chi connectivity index (χ1n) is 9.26. The Bertz CT molecular complexity index is 827. The molecule has 0 saturated carbocycles. The highest BCUT2D eigenvalue weighted by molar-refractivity contribution is 5.98. The molecule has 1 amide bonds. The Morgan fingerprint density at radius 2 is 2.15 bits per heavy atom. The summed E-state index contributed by atoms with van der Waals surface area (Å²) in [5.74, 6) is 0.659. The molecule has 0 spiro atoms. The number of carbonyl (C=O) groups excluding carboxylic acids is 1. The molecule has 2 aliphatic heterocycles. The van der Waals surface area contributed by atoms with Gasteiger partial charge in [0.15, 0.2) is 0 Å². The highest BCUT2D eigenvalue weighted by Gasteiger charge is 2.31. The van der Waals surface area contributed by atoms with E-state index in [0.29, 0.717) is 18.5 Å². The molecule has 0 radical (unpaired) electrons. The predicted molar refractivity (Wildman–Crippen MR) is 102 cm³/mol. The second-order valence-electron chi connectivity index (χ2n) is 7.78. The van der Waals surface area contributed by atoms with Gasteiger partial charge in [-0.05, 0) is 43.1 Å². The van der Waals surface area contributed by atoms with Gasteiger partial charge < -0.3 is 16.0 Å². The number of benzene rings is 1. The molecular formula is C20H25N5O. The number of nitrogens with zero attached hydrogens (tertiary/aromatic N) is 2. The Morgan fingerprint density at radius 3 is 2.96 bits per heavy atom.